The summed E-state index contributed by atoms with van der Waals surface area (Å²) < 4.78 is 10.5. The molecule has 1 aromatic rings. The van der Waals surface area contributed by atoms with Gasteiger partial charge in [0.2, 0.25) is 0 Å². The van der Waals surface area contributed by atoms with Gasteiger partial charge in [-0.1, -0.05) is 30.3 Å². The summed E-state index contributed by atoms with van der Waals surface area (Å²) in [5.74, 6) is -0.525. The molecule has 0 N–H and O–H groups in total. The van der Waals surface area contributed by atoms with E-state index in [1.54, 1.807) is 4.90 Å². The van der Waals surface area contributed by atoms with E-state index in [0.29, 0.717) is 32.8 Å². The standard InChI is InChI=1S/C19H26N2O4/c22-18(21-9-11-24-12-10-21)15-25-19(23)17-7-4-8-20(14-17)13-16-5-2-1-3-6-16/h1-3,5-6,17H,4,7-15H2/t17-/m0/s1. The third kappa shape index (κ3) is 5.28. The molecule has 1 atom stereocenters. The molecule has 25 heavy (non-hydrogen) atoms. The highest BCUT2D eigenvalue weighted by Gasteiger charge is 2.28. The van der Waals surface area contributed by atoms with Crippen LogP contribution in [-0.2, 0) is 25.6 Å². The molecule has 2 aliphatic heterocycles. The number of rotatable bonds is 5. The minimum Gasteiger partial charge on any atom is -0.455 e. The number of carbonyl (C=O) groups is 2. The Balaban J connectivity index is 1.44. The lowest BCUT2D eigenvalue weighted by molar-refractivity contribution is -0.158. The summed E-state index contributed by atoms with van der Waals surface area (Å²) in [6.45, 7) is 4.62. The lowest BCUT2D eigenvalue weighted by atomic mass is 9.98. The van der Waals surface area contributed by atoms with Crippen LogP contribution in [0.2, 0.25) is 0 Å². The van der Waals surface area contributed by atoms with E-state index in [-0.39, 0.29) is 24.4 Å². The molecule has 6 nitrogen and oxygen atoms in total. The highest BCUT2D eigenvalue weighted by molar-refractivity contribution is 5.81. The zero-order chi connectivity index (χ0) is 17.5. The van der Waals surface area contributed by atoms with Gasteiger partial charge >= 0.3 is 5.97 Å². The second kappa shape index (κ2) is 8.97. The van der Waals surface area contributed by atoms with E-state index >= 15 is 0 Å². The van der Waals surface area contributed by atoms with Crippen molar-refractivity contribution in [3.8, 4) is 0 Å². The Kier molecular flexibility index (Phi) is 6.42. The maximum atomic E-state index is 12.3. The van der Waals surface area contributed by atoms with Crippen molar-refractivity contribution in [3.05, 3.63) is 35.9 Å². The SMILES string of the molecule is O=C(OCC(=O)N1CCOCC1)[C@H]1CCCN(Cc2ccccc2)C1. The van der Waals surface area contributed by atoms with Gasteiger partial charge in [0.25, 0.3) is 5.91 Å². The maximum Gasteiger partial charge on any atom is 0.310 e. The first-order chi connectivity index (χ1) is 12.2. The van der Waals surface area contributed by atoms with Crippen molar-refractivity contribution < 1.29 is 19.1 Å². The van der Waals surface area contributed by atoms with Gasteiger partial charge in [-0.2, -0.15) is 0 Å². The summed E-state index contributed by atoms with van der Waals surface area (Å²) in [5, 5.41) is 0. The minimum absolute atomic E-state index is 0.131. The lowest BCUT2D eigenvalue weighted by Crippen LogP contribution is -2.44. The molecule has 0 saturated carbocycles. The summed E-state index contributed by atoms with van der Waals surface area (Å²) in [5.41, 5.74) is 1.25. The molecule has 6 heteroatoms. The van der Waals surface area contributed by atoms with Crippen molar-refractivity contribution >= 4 is 11.9 Å². The molecule has 2 heterocycles. The van der Waals surface area contributed by atoms with Crippen LogP contribution in [-0.4, -0.2) is 67.7 Å². The fraction of sp³-hybridized carbons (Fsp3) is 0.579. The number of hydrogen-bond donors (Lipinski definition) is 0. The highest BCUT2D eigenvalue weighted by Crippen LogP contribution is 2.20. The van der Waals surface area contributed by atoms with Crippen LogP contribution >= 0.6 is 0 Å². The van der Waals surface area contributed by atoms with E-state index in [0.717, 1.165) is 25.9 Å². The van der Waals surface area contributed by atoms with Crippen LogP contribution in [0, 0.1) is 5.92 Å². The summed E-state index contributed by atoms with van der Waals surface area (Å²) in [7, 11) is 0. The molecule has 2 aliphatic rings. The van der Waals surface area contributed by atoms with E-state index in [9.17, 15) is 9.59 Å². The van der Waals surface area contributed by atoms with Gasteiger partial charge in [0.05, 0.1) is 19.1 Å². The zero-order valence-corrected chi connectivity index (χ0v) is 14.6. The van der Waals surface area contributed by atoms with E-state index in [1.807, 2.05) is 18.2 Å². The second-order valence-electron chi connectivity index (χ2n) is 6.66. The first kappa shape index (κ1) is 17.9. The Morgan fingerprint density at radius 3 is 2.64 bits per heavy atom. The Bertz CT molecular complexity index is 572. The fourth-order valence-electron chi connectivity index (χ4n) is 3.39. The first-order valence-electron chi connectivity index (χ1n) is 9.01. The Morgan fingerprint density at radius 1 is 1.12 bits per heavy atom. The van der Waals surface area contributed by atoms with E-state index < -0.39 is 0 Å². The molecule has 1 aromatic carbocycles. The lowest BCUT2D eigenvalue weighted by Gasteiger charge is -2.31. The summed E-state index contributed by atoms with van der Waals surface area (Å²) >= 11 is 0. The monoisotopic (exact) mass is 346 g/mol. The predicted octanol–water partition coefficient (Wildman–Crippen LogP) is 1.30. The molecule has 0 unspecified atom stereocenters. The Morgan fingerprint density at radius 2 is 1.88 bits per heavy atom. The van der Waals surface area contributed by atoms with Gasteiger partial charge in [-0.05, 0) is 24.9 Å². The zero-order valence-electron chi connectivity index (χ0n) is 14.6. The molecule has 0 aliphatic carbocycles. The molecule has 2 saturated heterocycles. The second-order valence-corrected chi connectivity index (χ2v) is 6.66. The summed E-state index contributed by atoms with van der Waals surface area (Å²) in [4.78, 5) is 28.4. The molecule has 2 fully saturated rings. The van der Waals surface area contributed by atoms with Crippen LogP contribution < -0.4 is 0 Å². The minimum atomic E-state index is -0.251. The summed E-state index contributed by atoms with van der Waals surface area (Å²) in [6.07, 6.45) is 1.81. The van der Waals surface area contributed by atoms with Crippen LogP contribution in [0.1, 0.15) is 18.4 Å². The van der Waals surface area contributed by atoms with Crippen LogP contribution in [0.3, 0.4) is 0 Å². The molecule has 3 rings (SSSR count). The van der Waals surface area contributed by atoms with Crippen molar-refractivity contribution in [2.75, 3.05) is 46.0 Å². The average Bonchev–Trinajstić information content (AvgIpc) is 2.67. The molecule has 0 spiro atoms. The average molecular weight is 346 g/mol. The van der Waals surface area contributed by atoms with Gasteiger partial charge in [0, 0.05) is 26.2 Å². The number of benzene rings is 1. The number of carbonyl (C=O) groups excluding carboxylic acids is 2. The van der Waals surface area contributed by atoms with E-state index in [1.165, 1.54) is 5.56 Å². The first-order valence-corrected chi connectivity index (χ1v) is 9.01. The van der Waals surface area contributed by atoms with Crippen molar-refractivity contribution in [3.63, 3.8) is 0 Å². The smallest absolute Gasteiger partial charge is 0.310 e. The predicted molar refractivity (Wildman–Crippen MR) is 92.8 cm³/mol. The van der Waals surface area contributed by atoms with Gasteiger partial charge in [-0.3, -0.25) is 14.5 Å². The third-order valence-electron chi connectivity index (χ3n) is 4.79. The van der Waals surface area contributed by atoms with Gasteiger partial charge in [0.1, 0.15) is 0 Å². The molecular formula is C19H26N2O4. The van der Waals surface area contributed by atoms with Crippen LogP contribution in [0.4, 0.5) is 0 Å². The van der Waals surface area contributed by atoms with Crippen LogP contribution in [0.5, 0.6) is 0 Å². The molecule has 136 valence electrons. The van der Waals surface area contributed by atoms with Gasteiger partial charge < -0.3 is 14.4 Å². The largest absolute Gasteiger partial charge is 0.455 e. The number of nitrogens with zero attached hydrogens (tertiary/aromatic N) is 2. The van der Waals surface area contributed by atoms with Crippen LogP contribution in [0.25, 0.3) is 0 Å². The van der Waals surface area contributed by atoms with Crippen LogP contribution in [0.15, 0.2) is 30.3 Å². The van der Waals surface area contributed by atoms with Crippen molar-refractivity contribution in [2.45, 2.75) is 19.4 Å². The molecule has 0 aromatic heterocycles. The van der Waals surface area contributed by atoms with Gasteiger partial charge in [-0.15, -0.1) is 0 Å². The van der Waals surface area contributed by atoms with E-state index in [4.69, 9.17) is 9.47 Å². The number of likely N-dealkylation sites (tertiary alicyclic amines) is 1. The fourth-order valence-corrected chi connectivity index (χ4v) is 3.39. The van der Waals surface area contributed by atoms with Gasteiger partial charge in [0.15, 0.2) is 6.61 Å². The van der Waals surface area contributed by atoms with Gasteiger partial charge in [-0.25, -0.2) is 0 Å². The Labute approximate surface area is 148 Å². The number of ether oxygens (including phenoxy) is 2. The topological polar surface area (TPSA) is 59.1 Å². The summed E-state index contributed by atoms with van der Waals surface area (Å²) in [6, 6.07) is 10.3. The number of esters is 1. The van der Waals surface area contributed by atoms with Crippen molar-refractivity contribution in [2.24, 2.45) is 5.92 Å². The number of amides is 1. The van der Waals surface area contributed by atoms with Crippen molar-refractivity contribution in [1.29, 1.82) is 0 Å². The molecule has 0 bridgehead atoms. The number of hydrogen-bond acceptors (Lipinski definition) is 5. The molecule has 0 radical (unpaired) electrons. The number of piperidine rings is 1. The van der Waals surface area contributed by atoms with E-state index in [2.05, 4.69) is 17.0 Å². The quantitative estimate of drug-likeness (QED) is 0.752. The normalized spacial score (nSPS) is 21.8. The van der Waals surface area contributed by atoms with Crippen molar-refractivity contribution in [1.82, 2.24) is 9.80 Å². The Hall–Kier alpha value is -1.92. The third-order valence-corrected chi connectivity index (χ3v) is 4.79. The molecule has 1 amide bonds. The highest BCUT2D eigenvalue weighted by atomic mass is 16.5. The maximum absolute atomic E-state index is 12.3. The molecular weight excluding hydrogens is 320 g/mol. The number of morpholine rings is 1.